The van der Waals surface area contributed by atoms with E-state index in [1.807, 2.05) is 11.8 Å². The lowest BCUT2D eigenvalue weighted by molar-refractivity contribution is -0.135. The topological polar surface area (TPSA) is 80.2 Å². The lowest BCUT2D eigenvalue weighted by atomic mass is 9.93. The third-order valence-electron chi connectivity index (χ3n) is 4.58. The van der Waals surface area contributed by atoms with E-state index >= 15 is 0 Å². The van der Waals surface area contributed by atoms with Crippen LogP contribution in [0.5, 0.6) is 0 Å². The Morgan fingerprint density at radius 1 is 1.23 bits per heavy atom. The number of sulfone groups is 1. The van der Waals surface area contributed by atoms with Gasteiger partial charge in [0.25, 0.3) is 0 Å². The van der Waals surface area contributed by atoms with Gasteiger partial charge in [-0.15, -0.1) is 0 Å². The van der Waals surface area contributed by atoms with Crippen molar-refractivity contribution in [3.63, 3.8) is 0 Å². The average Bonchev–Trinajstić information content (AvgIpc) is 2.87. The van der Waals surface area contributed by atoms with E-state index in [1.165, 1.54) is 0 Å². The molecule has 2 aliphatic rings. The maximum Gasteiger partial charge on any atom is 0.226 e. The van der Waals surface area contributed by atoms with E-state index in [0.717, 1.165) is 24.2 Å². The summed E-state index contributed by atoms with van der Waals surface area (Å²) in [6.07, 6.45) is 5.75. The van der Waals surface area contributed by atoms with E-state index < -0.39 is 9.84 Å². The Kier molecular flexibility index (Phi) is 4.16. The zero-order chi connectivity index (χ0) is 15.7. The molecule has 120 valence electrons. The number of aryl methyl sites for hydroxylation is 1. The maximum atomic E-state index is 12.4. The van der Waals surface area contributed by atoms with Crippen molar-refractivity contribution >= 4 is 15.7 Å². The van der Waals surface area contributed by atoms with Gasteiger partial charge in [-0.25, -0.2) is 8.42 Å². The van der Waals surface area contributed by atoms with Crippen molar-refractivity contribution in [1.29, 1.82) is 0 Å². The van der Waals surface area contributed by atoms with Crippen LogP contribution < -0.4 is 0 Å². The Balaban J connectivity index is 1.59. The minimum absolute atomic E-state index is 0.00912. The van der Waals surface area contributed by atoms with Gasteiger partial charge in [-0.2, -0.15) is 0 Å². The summed E-state index contributed by atoms with van der Waals surface area (Å²) in [7, 11) is -3.00. The Labute approximate surface area is 130 Å². The molecule has 0 bridgehead atoms. The molecule has 6 nitrogen and oxygen atoms in total. The molecule has 2 fully saturated rings. The van der Waals surface area contributed by atoms with Crippen LogP contribution in [-0.4, -0.2) is 53.8 Å². The smallest absolute Gasteiger partial charge is 0.226 e. The highest BCUT2D eigenvalue weighted by Gasteiger charge is 2.36. The highest BCUT2D eigenvalue weighted by Crippen LogP contribution is 2.28. The molecule has 0 aromatic carbocycles. The molecule has 0 spiro atoms. The Bertz CT molecular complexity index is 666. The fourth-order valence-corrected chi connectivity index (χ4v) is 5.06. The number of hydrogen-bond acceptors (Lipinski definition) is 5. The molecule has 7 heteroatoms. The first-order chi connectivity index (χ1) is 10.4. The van der Waals surface area contributed by atoms with E-state index in [4.69, 9.17) is 0 Å². The van der Waals surface area contributed by atoms with Gasteiger partial charge in [-0.1, -0.05) is 0 Å². The average molecular weight is 323 g/mol. The molecule has 1 aromatic heterocycles. The second kappa shape index (κ2) is 5.95. The molecule has 0 aliphatic carbocycles. The van der Waals surface area contributed by atoms with Crippen LogP contribution in [0.25, 0.3) is 0 Å². The van der Waals surface area contributed by atoms with Gasteiger partial charge in [0.1, 0.15) is 0 Å². The van der Waals surface area contributed by atoms with Crippen molar-refractivity contribution in [1.82, 2.24) is 14.9 Å². The van der Waals surface area contributed by atoms with E-state index in [0.29, 0.717) is 25.4 Å². The van der Waals surface area contributed by atoms with Gasteiger partial charge in [-0.3, -0.25) is 14.8 Å². The van der Waals surface area contributed by atoms with Crippen molar-refractivity contribution in [3.05, 3.63) is 23.8 Å². The molecule has 0 radical (unpaired) electrons. The number of likely N-dealkylation sites (tertiary alicyclic amines) is 1. The fraction of sp³-hybridized carbons (Fsp3) is 0.667. The summed E-state index contributed by atoms with van der Waals surface area (Å²) in [6.45, 7) is 3.28. The van der Waals surface area contributed by atoms with Crippen molar-refractivity contribution in [2.75, 3.05) is 24.6 Å². The zero-order valence-electron chi connectivity index (χ0n) is 12.7. The lowest BCUT2D eigenvalue weighted by Gasteiger charge is -2.33. The Morgan fingerprint density at radius 3 is 2.55 bits per heavy atom. The van der Waals surface area contributed by atoms with Gasteiger partial charge in [0.05, 0.1) is 28.8 Å². The monoisotopic (exact) mass is 323 g/mol. The van der Waals surface area contributed by atoms with Crippen LogP contribution in [0.3, 0.4) is 0 Å². The molecule has 1 amide bonds. The van der Waals surface area contributed by atoms with Gasteiger partial charge < -0.3 is 4.90 Å². The molecule has 0 N–H and O–H groups in total. The second-order valence-electron chi connectivity index (χ2n) is 6.28. The molecule has 2 aliphatic heterocycles. The van der Waals surface area contributed by atoms with E-state index in [1.54, 1.807) is 12.4 Å². The summed E-state index contributed by atoms with van der Waals surface area (Å²) in [6, 6.07) is 0. The summed E-state index contributed by atoms with van der Waals surface area (Å²) in [5.41, 5.74) is 1.91. The number of piperidine rings is 1. The van der Waals surface area contributed by atoms with Crippen LogP contribution in [0, 0.1) is 12.8 Å². The SMILES string of the molecule is Cc1cncc(C2CCN(C(=O)C3CCS(=O)(=O)C3)CC2)n1. The largest absolute Gasteiger partial charge is 0.342 e. The van der Waals surface area contributed by atoms with Crippen LogP contribution in [-0.2, 0) is 14.6 Å². The number of carbonyl (C=O) groups excluding carboxylic acids is 1. The van der Waals surface area contributed by atoms with Gasteiger partial charge in [0.2, 0.25) is 5.91 Å². The molecule has 1 aromatic rings. The number of rotatable bonds is 2. The van der Waals surface area contributed by atoms with Crippen LogP contribution in [0.4, 0.5) is 0 Å². The minimum atomic E-state index is -3.00. The summed E-state index contributed by atoms with van der Waals surface area (Å²) < 4.78 is 23.0. The van der Waals surface area contributed by atoms with E-state index in [9.17, 15) is 13.2 Å². The van der Waals surface area contributed by atoms with E-state index in [-0.39, 0.29) is 23.3 Å². The number of hydrogen-bond donors (Lipinski definition) is 0. The molecule has 3 heterocycles. The zero-order valence-corrected chi connectivity index (χ0v) is 13.6. The Morgan fingerprint density at radius 2 is 1.95 bits per heavy atom. The fourth-order valence-electron chi connectivity index (χ4n) is 3.32. The van der Waals surface area contributed by atoms with Crippen molar-refractivity contribution in [2.45, 2.75) is 32.1 Å². The minimum Gasteiger partial charge on any atom is -0.342 e. The van der Waals surface area contributed by atoms with Gasteiger partial charge >= 0.3 is 0 Å². The van der Waals surface area contributed by atoms with Crippen molar-refractivity contribution in [2.24, 2.45) is 5.92 Å². The lowest BCUT2D eigenvalue weighted by Crippen LogP contribution is -2.41. The van der Waals surface area contributed by atoms with Crippen LogP contribution >= 0.6 is 0 Å². The predicted octanol–water partition coefficient (Wildman–Crippen LogP) is 0.926. The van der Waals surface area contributed by atoms with Crippen molar-refractivity contribution in [3.8, 4) is 0 Å². The molecule has 22 heavy (non-hydrogen) atoms. The second-order valence-corrected chi connectivity index (χ2v) is 8.51. The van der Waals surface area contributed by atoms with E-state index in [2.05, 4.69) is 9.97 Å². The first kappa shape index (κ1) is 15.4. The number of aromatic nitrogens is 2. The highest BCUT2D eigenvalue weighted by atomic mass is 32.2. The summed E-state index contributed by atoms with van der Waals surface area (Å²) in [4.78, 5) is 22.9. The first-order valence-corrected chi connectivity index (χ1v) is 9.54. The van der Waals surface area contributed by atoms with Gasteiger partial charge in [0, 0.05) is 31.4 Å². The Hall–Kier alpha value is -1.50. The summed E-state index contributed by atoms with van der Waals surface area (Å²) in [5.74, 6) is 0.187. The van der Waals surface area contributed by atoms with Gasteiger partial charge in [0.15, 0.2) is 9.84 Å². The van der Waals surface area contributed by atoms with Crippen LogP contribution in [0.2, 0.25) is 0 Å². The predicted molar refractivity (Wildman–Crippen MR) is 82.1 cm³/mol. The third kappa shape index (κ3) is 3.29. The molecular formula is C15H21N3O3S. The van der Waals surface area contributed by atoms with Crippen LogP contribution in [0.1, 0.15) is 36.6 Å². The van der Waals surface area contributed by atoms with Gasteiger partial charge in [-0.05, 0) is 26.2 Å². The molecule has 3 rings (SSSR count). The summed E-state index contributed by atoms with van der Waals surface area (Å²) in [5, 5.41) is 0. The normalized spacial score (nSPS) is 25.3. The molecule has 1 unspecified atom stereocenters. The van der Waals surface area contributed by atoms with Crippen molar-refractivity contribution < 1.29 is 13.2 Å². The first-order valence-electron chi connectivity index (χ1n) is 7.72. The molecule has 1 atom stereocenters. The number of nitrogens with zero attached hydrogens (tertiary/aromatic N) is 3. The third-order valence-corrected chi connectivity index (χ3v) is 6.35. The number of carbonyl (C=O) groups is 1. The molecule has 2 saturated heterocycles. The molecule has 0 saturated carbocycles. The quantitative estimate of drug-likeness (QED) is 0.809. The van der Waals surface area contributed by atoms with Crippen LogP contribution in [0.15, 0.2) is 12.4 Å². The standard InChI is InChI=1S/C15H21N3O3S/c1-11-8-16-9-14(17-11)12-2-5-18(6-3-12)15(19)13-4-7-22(20,21)10-13/h8-9,12-13H,2-7,10H2,1H3. The highest BCUT2D eigenvalue weighted by molar-refractivity contribution is 7.91. The summed E-state index contributed by atoms with van der Waals surface area (Å²) >= 11 is 0. The maximum absolute atomic E-state index is 12.4. The number of amides is 1. The molecular weight excluding hydrogens is 302 g/mol.